The van der Waals surface area contributed by atoms with Crippen LogP contribution in [0.5, 0.6) is 5.75 Å². The molecule has 41 heavy (non-hydrogen) atoms. The highest BCUT2D eigenvalue weighted by Crippen LogP contribution is 2.25. The first-order valence-corrected chi connectivity index (χ1v) is 15.3. The number of pyridine rings is 1. The lowest BCUT2D eigenvalue weighted by atomic mass is 9.93. The molecule has 0 spiro atoms. The largest absolute Gasteiger partial charge is 0.508 e. The van der Waals surface area contributed by atoms with Gasteiger partial charge in [-0.15, -0.1) is 0 Å². The van der Waals surface area contributed by atoms with Gasteiger partial charge in [-0.3, -0.25) is 14.2 Å². The number of rotatable bonds is 13. The maximum Gasteiger partial charge on any atom is 0.244 e. The Labute approximate surface area is 240 Å². The summed E-state index contributed by atoms with van der Waals surface area (Å²) in [6.07, 6.45) is 4.99. The summed E-state index contributed by atoms with van der Waals surface area (Å²) in [5.74, 6) is -0.0982. The fourth-order valence-electron chi connectivity index (χ4n) is 5.11. The molecule has 0 aliphatic carbocycles. The number of carbonyl (C=O) groups excluding carboxylic acids is 1. The van der Waals surface area contributed by atoms with E-state index in [0.29, 0.717) is 44.3 Å². The molecule has 2 atom stereocenters. The number of phenolic OH excluding ortho intramolecular Hbond substituents is 1. The van der Waals surface area contributed by atoms with Crippen LogP contribution in [0.15, 0.2) is 78.0 Å². The minimum atomic E-state index is -4.25. The van der Waals surface area contributed by atoms with Crippen LogP contribution in [0.25, 0.3) is 0 Å². The first kappa shape index (κ1) is 30.4. The Morgan fingerprint density at radius 3 is 2.37 bits per heavy atom. The number of halogens is 1. The third-order valence-corrected chi connectivity index (χ3v) is 8.89. The highest BCUT2D eigenvalue weighted by atomic mass is 32.2. The van der Waals surface area contributed by atoms with Crippen LogP contribution in [-0.2, 0) is 27.7 Å². The van der Waals surface area contributed by atoms with Gasteiger partial charge in [0.25, 0.3) is 0 Å². The Morgan fingerprint density at radius 2 is 1.71 bits per heavy atom. The number of hydrogen-bond donors (Lipinski definition) is 4. The zero-order chi connectivity index (χ0) is 29.2. The Bertz CT molecular complexity index is 1370. The second-order valence-electron chi connectivity index (χ2n) is 10.4. The third-order valence-electron chi connectivity index (χ3n) is 7.39. The quantitative estimate of drug-likeness (QED) is 0.242. The summed E-state index contributed by atoms with van der Waals surface area (Å²) in [4.78, 5) is 19.2. The van der Waals surface area contributed by atoms with Crippen LogP contribution >= 0.6 is 0 Å². The molecule has 1 aliphatic heterocycles. The molecule has 1 fully saturated rings. The molecule has 3 aromatic rings. The fourth-order valence-corrected chi connectivity index (χ4v) is 6.41. The smallest absolute Gasteiger partial charge is 0.244 e. The molecule has 11 heteroatoms. The van der Waals surface area contributed by atoms with E-state index in [2.05, 4.69) is 15.0 Å². The van der Waals surface area contributed by atoms with Gasteiger partial charge in [0.2, 0.25) is 15.9 Å². The predicted octanol–water partition coefficient (Wildman–Crippen LogP) is 3.29. The average molecular weight is 585 g/mol. The molecule has 2 heterocycles. The number of anilines is 1. The monoisotopic (exact) mass is 584 g/mol. The van der Waals surface area contributed by atoms with Gasteiger partial charge in [-0.2, -0.15) is 4.72 Å². The predicted molar refractivity (Wildman–Crippen MR) is 155 cm³/mol. The van der Waals surface area contributed by atoms with Crippen molar-refractivity contribution in [2.45, 2.75) is 49.1 Å². The summed E-state index contributed by atoms with van der Waals surface area (Å²) >= 11 is 0. The number of piperidine rings is 1. The van der Waals surface area contributed by atoms with Gasteiger partial charge in [-0.05, 0) is 67.3 Å². The van der Waals surface area contributed by atoms with Crippen molar-refractivity contribution in [3.63, 3.8) is 0 Å². The summed E-state index contributed by atoms with van der Waals surface area (Å²) in [5.41, 5.74) is 1.90. The molecule has 4 N–H and O–H groups in total. The Balaban J connectivity index is 1.56. The molecule has 1 saturated heterocycles. The second-order valence-corrected chi connectivity index (χ2v) is 12.1. The lowest BCUT2D eigenvalue weighted by Gasteiger charge is -2.34. The molecule has 0 radical (unpaired) electrons. The van der Waals surface area contributed by atoms with E-state index in [1.165, 1.54) is 30.6 Å². The van der Waals surface area contributed by atoms with E-state index < -0.39 is 28.8 Å². The summed E-state index contributed by atoms with van der Waals surface area (Å²) in [6, 6.07) is 15.7. The van der Waals surface area contributed by atoms with Crippen LogP contribution in [0.1, 0.15) is 30.4 Å². The van der Waals surface area contributed by atoms with Gasteiger partial charge in [0.1, 0.15) is 16.7 Å². The van der Waals surface area contributed by atoms with E-state index in [4.69, 9.17) is 0 Å². The first-order chi connectivity index (χ1) is 19.8. The summed E-state index contributed by atoms with van der Waals surface area (Å²) < 4.78 is 42.9. The number of alkyl halides is 1. The van der Waals surface area contributed by atoms with E-state index in [9.17, 15) is 27.8 Å². The van der Waals surface area contributed by atoms with Gasteiger partial charge in [0.15, 0.2) is 0 Å². The Kier molecular flexibility index (Phi) is 10.7. The van der Waals surface area contributed by atoms with Crippen molar-refractivity contribution in [3.8, 4) is 5.75 Å². The van der Waals surface area contributed by atoms with Gasteiger partial charge in [-0.1, -0.05) is 42.5 Å². The second kappa shape index (κ2) is 14.4. The number of benzene rings is 2. The first-order valence-electron chi connectivity index (χ1n) is 13.8. The molecule has 4 rings (SSSR count). The highest BCUT2D eigenvalue weighted by Gasteiger charge is 2.33. The van der Waals surface area contributed by atoms with Crippen molar-refractivity contribution < 1.29 is 27.8 Å². The third kappa shape index (κ3) is 8.48. The molecule has 0 saturated carbocycles. The molecule has 1 amide bonds. The van der Waals surface area contributed by atoms with Crippen molar-refractivity contribution in [1.29, 1.82) is 0 Å². The van der Waals surface area contributed by atoms with Crippen molar-refractivity contribution in [2.75, 3.05) is 31.7 Å². The van der Waals surface area contributed by atoms with Crippen molar-refractivity contribution in [3.05, 3.63) is 84.2 Å². The molecule has 220 valence electrons. The maximum absolute atomic E-state index is 13.8. The summed E-state index contributed by atoms with van der Waals surface area (Å²) in [5, 5.41) is 22.8. The standard InChI is InChI=1S/C30H37FN4O5S/c31-14-10-22-12-16-35(17-13-22)30(38)28(19-24-6-8-26(37)9-7-24)34-41(39,40)29-20-32-15-11-27(29)33-25(21-36)18-23-4-2-1-3-5-23/h1-9,11,15,20,22,25,28,34,36-37H,10,12-14,16-19,21H2,(H,32,33)/t25-,28-/m0/s1. The Hall–Kier alpha value is -3.54. The van der Waals surface area contributed by atoms with E-state index >= 15 is 0 Å². The number of likely N-dealkylation sites (tertiary alicyclic amines) is 1. The van der Waals surface area contributed by atoms with Crippen molar-refractivity contribution in [2.24, 2.45) is 5.92 Å². The number of nitrogens with one attached hydrogen (secondary N) is 2. The number of aliphatic hydroxyl groups is 1. The van der Waals surface area contributed by atoms with E-state index in [1.807, 2.05) is 30.3 Å². The zero-order valence-corrected chi connectivity index (χ0v) is 23.6. The van der Waals surface area contributed by atoms with Crippen LogP contribution in [0, 0.1) is 5.92 Å². The summed E-state index contributed by atoms with van der Waals surface area (Å²) in [7, 11) is -4.25. The summed E-state index contributed by atoms with van der Waals surface area (Å²) in [6.45, 7) is 0.222. The van der Waals surface area contributed by atoms with Crippen LogP contribution in [0.4, 0.5) is 10.1 Å². The van der Waals surface area contributed by atoms with E-state index in [-0.39, 0.29) is 41.2 Å². The van der Waals surface area contributed by atoms with Gasteiger partial charge in [0, 0.05) is 25.5 Å². The number of hydrogen-bond acceptors (Lipinski definition) is 7. The number of aliphatic hydroxyl groups excluding tert-OH is 1. The SMILES string of the molecule is O=C([C@H](Cc1ccc(O)cc1)NS(=O)(=O)c1cnccc1N[C@H](CO)Cc1ccccc1)N1CCC(CCF)CC1. The number of sulfonamides is 1. The van der Waals surface area contributed by atoms with E-state index in [0.717, 1.165) is 5.56 Å². The number of amides is 1. The molecule has 9 nitrogen and oxygen atoms in total. The Morgan fingerprint density at radius 1 is 1.02 bits per heavy atom. The topological polar surface area (TPSA) is 132 Å². The van der Waals surface area contributed by atoms with Crippen LogP contribution < -0.4 is 10.0 Å². The maximum atomic E-state index is 13.8. The van der Waals surface area contributed by atoms with Crippen molar-refractivity contribution >= 4 is 21.6 Å². The minimum absolute atomic E-state index is 0.0622. The lowest BCUT2D eigenvalue weighted by Crippen LogP contribution is -2.51. The number of carbonyl (C=O) groups is 1. The van der Waals surface area contributed by atoms with Gasteiger partial charge in [-0.25, -0.2) is 8.42 Å². The zero-order valence-electron chi connectivity index (χ0n) is 22.8. The minimum Gasteiger partial charge on any atom is -0.508 e. The molecule has 0 unspecified atom stereocenters. The fraction of sp³-hybridized carbons (Fsp3) is 0.400. The number of phenols is 1. The van der Waals surface area contributed by atoms with Crippen LogP contribution in [-0.4, -0.2) is 72.9 Å². The van der Waals surface area contributed by atoms with Crippen molar-refractivity contribution in [1.82, 2.24) is 14.6 Å². The normalized spacial score (nSPS) is 15.8. The van der Waals surface area contributed by atoms with Crippen LogP contribution in [0.3, 0.4) is 0 Å². The molecule has 0 bridgehead atoms. The van der Waals surface area contributed by atoms with Gasteiger partial charge < -0.3 is 20.4 Å². The highest BCUT2D eigenvalue weighted by molar-refractivity contribution is 7.89. The van der Waals surface area contributed by atoms with Gasteiger partial charge in [0.05, 0.1) is 25.0 Å². The van der Waals surface area contributed by atoms with Gasteiger partial charge >= 0.3 is 0 Å². The van der Waals surface area contributed by atoms with E-state index in [1.54, 1.807) is 17.0 Å². The van der Waals surface area contributed by atoms with Crippen LogP contribution in [0.2, 0.25) is 0 Å². The molecular formula is C30H37FN4O5S. The number of nitrogens with zero attached hydrogens (tertiary/aromatic N) is 2. The lowest BCUT2D eigenvalue weighted by molar-refractivity contribution is -0.134. The molecule has 1 aliphatic rings. The molecule has 2 aromatic carbocycles. The number of aromatic hydroxyl groups is 1. The number of aromatic nitrogens is 1. The molecule has 1 aromatic heterocycles. The molecular weight excluding hydrogens is 547 g/mol. The average Bonchev–Trinajstić information content (AvgIpc) is 2.98.